The molecule has 1 saturated carbocycles. The molecule has 0 atom stereocenters. The van der Waals surface area contributed by atoms with Crippen LogP contribution >= 0.6 is 0 Å². The molecule has 4 N–H and O–H groups in total. The molecule has 2 aromatic carbocycles. The van der Waals surface area contributed by atoms with Gasteiger partial charge in [0.1, 0.15) is 11.5 Å². The van der Waals surface area contributed by atoms with Crippen LogP contribution in [0.1, 0.15) is 53.7 Å². The third kappa shape index (κ3) is 3.84. The second-order valence-electron chi connectivity index (χ2n) is 8.60. The van der Waals surface area contributed by atoms with E-state index in [0.29, 0.717) is 17.8 Å². The predicted molar refractivity (Wildman–Crippen MR) is 128 cm³/mol. The van der Waals surface area contributed by atoms with E-state index in [2.05, 4.69) is 16.4 Å². The Morgan fingerprint density at radius 2 is 1.91 bits per heavy atom. The highest BCUT2D eigenvalue weighted by Crippen LogP contribution is 2.26. The number of pyridine rings is 1. The van der Waals surface area contributed by atoms with Crippen molar-refractivity contribution in [2.24, 2.45) is 5.73 Å². The summed E-state index contributed by atoms with van der Waals surface area (Å²) in [5, 5.41) is 13.1. The normalized spacial score (nSPS) is 14.6. The number of hydrogen-bond acceptors (Lipinski definition) is 3. The Hall–Kier alpha value is -3.67. The Bertz CT molecular complexity index is 1310. The van der Waals surface area contributed by atoms with Crippen LogP contribution in [0.2, 0.25) is 0 Å². The molecule has 0 aliphatic heterocycles. The number of aromatic nitrogens is 2. The fourth-order valence-electron chi connectivity index (χ4n) is 4.75. The zero-order chi connectivity index (χ0) is 22.1. The number of carbonyl (C=O) groups excluding carboxylic acids is 1. The molecule has 32 heavy (non-hydrogen) atoms. The van der Waals surface area contributed by atoms with E-state index in [1.54, 1.807) is 0 Å². The van der Waals surface area contributed by atoms with Crippen LogP contribution < -0.4 is 11.1 Å². The molecule has 6 nitrogen and oxygen atoms in total. The van der Waals surface area contributed by atoms with E-state index in [1.165, 1.54) is 19.3 Å². The molecule has 4 aromatic rings. The lowest BCUT2D eigenvalue weighted by molar-refractivity contribution is 0.0919. The molecule has 1 aliphatic carbocycles. The summed E-state index contributed by atoms with van der Waals surface area (Å²) >= 11 is 0. The van der Waals surface area contributed by atoms with Gasteiger partial charge in [-0.15, -0.1) is 0 Å². The average molecular weight is 426 g/mol. The monoisotopic (exact) mass is 425 g/mol. The van der Waals surface area contributed by atoms with Gasteiger partial charge in [-0.2, -0.15) is 0 Å². The SMILES string of the molecule is N=C(N)c1ccc2cc(C(=O)NC3CCCCC3)n(Cc3ccnc4ccccc34)c2c1. The Labute approximate surface area is 187 Å². The van der Waals surface area contributed by atoms with Gasteiger partial charge in [0.2, 0.25) is 0 Å². The number of carbonyl (C=O) groups is 1. The number of nitrogens with one attached hydrogen (secondary N) is 2. The summed E-state index contributed by atoms with van der Waals surface area (Å²) in [5.74, 6) is -0.0296. The second kappa shape index (κ2) is 8.46. The van der Waals surface area contributed by atoms with Gasteiger partial charge in [0.25, 0.3) is 5.91 Å². The van der Waals surface area contributed by atoms with Crippen LogP contribution in [0.25, 0.3) is 21.8 Å². The minimum atomic E-state index is -0.0455. The zero-order valence-corrected chi connectivity index (χ0v) is 18.0. The van der Waals surface area contributed by atoms with Crippen LogP contribution in [0.4, 0.5) is 0 Å². The van der Waals surface area contributed by atoms with Gasteiger partial charge >= 0.3 is 0 Å². The molecule has 0 bridgehead atoms. The van der Waals surface area contributed by atoms with E-state index >= 15 is 0 Å². The van der Waals surface area contributed by atoms with Crippen molar-refractivity contribution in [3.8, 4) is 0 Å². The smallest absolute Gasteiger partial charge is 0.268 e. The van der Waals surface area contributed by atoms with E-state index in [1.807, 2.05) is 59.3 Å². The molecule has 2 aromatic heterocycles. The van der Waals surface area contributed by atoms with E-state index in [4.69, 9.17) is 11.1 Å². The standard InChI is InChI=1S/C26H27N5O/c27-25(28)18-11-10-17-14-24(26(32)30-20-6-2-1-3-7-20)31(23(17)15-18)16-19-12-13-29-22-9-5-4-8-21(19)22/h4-5,8-15,20H,1-3,6-7,16H2,(H3,27,28)(H,30,32). The highest BCUT2D eigenvalue weighted by Gasteiger charge is 2.21. The molecular weight excluding hydrogens is 398 g/mol. The van der Waals surface area contributed by atoms with Gasteiger partial charge in [0, 0.05) is 40.6 Å². The van der Waals surface area contributed by atoms with Crippen LogP contribution in [-0.2, 0) is 6.54 Å². The van der Waals surface area contributed by atoms with Crippen molar-refractivity contribution in [2.75, 3.05) is 0 Å². The molecule has 0 radical (unpaired) electrons. The first kappa shape index (κ1) is 20.2. The van der Waals surface area contributed by atoms with Gasteiger partial charge in [-0.05, 0) is 42.7 Å². The van der Waals surface area contributed by atoms with E-state index in [0.717, 1.165) is 40.2 Å². The third-order valence-corrected chi connectivity index (χ3v) is 6.46. The Balaban J connectivity index is 1.60. The molecule has 0 unspecified atom stereocenters. The molecule has 1 fully saturated rings. The number of nitrogen functional groups attached to an aromatic ring is 1. The lowest BCUT2D eigenvalue weighted by Gasteiger charge is -2.23. The molecule has 6 heteroatoms. The summed E-state index contributed by atoms with van der Waals surface area (Å²) in [6.45, 7) is 0.529. The summed E-state index contributed by atoms with van der Waals surface area (Å²) < 4.78 is 2.04. The van der Waals surface area contributed by atoms with Gasteiger partial charge in [0.15, 0.2) is 0 Å². The molecule has 2 heterocycles. The van der Waals surface area contributed by atoms with Crippen LogP contribution in [0.3, 0.4) is 0 Å². The molecule has 5 rings (SSSR count). The summed E-state index contributed by atoms with van der Waals surface area (Å²) in [6.07, 6.45) is 7.46. The predicted octanol–water partition coefficient (Wildman–Crippen LogP) is 4.58. The first-order chi connectivity index (χ1) is 15.6. The van der Waals surface area contributed by atoms with Gasteiger partial charge in [-0.1, -0.05) is 49.6 Å². The number of amides is 1. The van der Waals surface area contributed by atoms with Gasteiger partial charge < -0.3 is 15.6 Å². The van der Waals surface area contributed by atoms with Gasteiger partial charge in [0.05, 0.1) is 5.52 Å². The maximum Gasteiger partial charge on any atom is 0.268 e. The number of hydrogen-bond donors (Lipinski definition) is 3. The highest BCUT2D eigenvalue weighted by atomic mass is 16.2. The molecule has 0 spiro atoms. The van der Waals surface area contributed by atoms with Crippen molar-refractivity contribution in [1.29, 1.82) is 5.41 Å². The minimum absolute atomic E-state index is 0.0159. The molecule has 1 aliphatic rings. The molecule has 1 amide bonds. The second-order valence-corrected chi connectivity index (χ2v) is 8.60. The summed E-state index contributed by atoms with van der Waals surface area (Å²) in [7, 11) is 0. The Kier molecular flexibility index (Phi) is 5.35. The largest absolute Gasteiger partial charge is 0.384 e. The summed E-state index contributed by atoms with van der Waals surface area (Å²) in [5.41, 5.74) is 9.96. The number of nitrogens with two attached hydrogens (primary N) is 1. The fraction of sp³-hybridized carbons (Fsp3) is 0.269. The molecule has 0 saturated heterocycles. The highest BCUT2D eigenvalue weighted by molar-refractivity contribution is 6.02. The lowest BCUT2D eigenvalue weighted by atomic mass is 9.95. The Morgan fingerprint density at radius 1 is 1.09 bits per heavy atom. The van der Waals surface area contributed by atoms with Crippen molar-refractivity contribution < 1.29 is 4.79 Å². The van der Waals surface area contributed by atoms with Crippen molar-refractivity contribution in [3.05, 3.63) is 77.6 Å². The minimum Gasteiger partial charge on any atom is -0.384 e. The van der Waals surface area contributed by atoms with E-state index in [9.17, 15) is 4.79 Å². The summed E-state index contributed by atoms with van der Waals surface area (Å²) in [4.78, 5) is 17.8. The maximum absolute atomic E-state index is 13.4. The number of para-hydroxylation sites is 1. The van der Waals surface area contributed by atoms with Crippen molar-refractivity contribution in [1.82, 2.24) is 14.9 Å². The third-order valence-electron chi connectivity index (χ3n) is 6.46. The maximum atomic E-state index is 13.4. The van der Waals surface area contributed by atoms with E-state index < -0.39 is 0 Å². The van der Waals surface area contributed by atoms with Crippen molar-refractivity contribution >= 4 is 33.5 Å². The topological polar surface area (TPSA) is 96.8 Å². The van der Waals surface area contributed by atoms with Crippen LogP contribution in [0, 0.1) is 5.41 Å². The van der Waals surface area contributed by atoms with Crippen LogP contribution in [0.5, 0.6) is 0 Å². The first-order valence-corrected chi connectivity index (χ1v) is 11.2. The number of nitrogens with zero attached hydrogens (tertiary/aromatic N) is 2. The van der Waals surface area contributed by atoms with Crippen molar-refractivity contribution in [2.45, 2.75) is 44.7 Å². The first-order valence-electron chi connectivity index (χ1n) is 11.2. The van der Waals surface area contributed by atoms with Crippen LogP contribution in [-0.4, -0.2) is 27.3 Å². The Morgan fingerprint density at radius 3 is 2.72 bits per heavy atom. The summed E-state index contributed by atoms with van der Waals surface area (Å²) in [6, 6.07) is 17.9. The average Bonchev–Trinajstić information content (AvgIpc) is 3.18. The quantitative estimate of drug-likeness (QED) is 0.322. The lowest BCUT2D eigenvalue weighted by Crippen LogP contribution is -2.37. The number of rotatable bonds is 5. The molecular formula is C26H27N5O. The van der Waals surface area contributed by atoms with Crippen molar-refractivity contribution in [3.63, 3.8) is 0 Å². The molecule has 162 valence electrons. The zero-order valence-electron chi connectivity index (χ0n) is 18.0. The fourth-order valence-corrected chi connectivity index (χ4v) is 4.75. The number of amidine groups is 1. The number of benzene rings is 2. The number of fused-ring (bicyclic) bond motifs is 2. The van der Waals surface area contributed by atoms with E-state index in [-0.39, 0.29) is 17.8 Å². The van der Waals surface area contributed by atoms with Gasteiger partial charge in [-0.25, -0.2) is 0 Å². The van der Waals surface area contributed by atoms with Crippen LogP contribution in [0.15, 0.2) is 60.8 Å². The van der Waals surface area contributed by atoms with Gasteiger partial charge in [-0.3, -0.25) is 15.2 Å².